The Morgan fingerprint density at radius 2 is 2.00 bits per heavy atom. The first-order valence-corrected chi connectivity index (χ1v) is 10.3. The second kappa shape index (κ2) is 10.8. The lowest BCUT2D eigenvalue weighted by molar-refractivity contribution is -0.118. The van der Waals surface area contributed by atoms with Crippen molar-refractivity contribution in [1.82, 2.24) is 4.98 Å². The molecule has 31 heavy (non-hydrogen) atoms. The lowest BCUT2D eigenvalue weighted by Crippen LogP contribution is -2.20. The molecule has 1 heterocycles. The van der Waals surface area contributed by atoms with Gasteiger partial charge in [-0.15, -0.1) is 11.3 Å². The number of methoxy groups -OCH3 is 1. The van der Waals surface area contributed by atoms with E-state index in [1.807, 2.05) is 6.92 Å². The van der Waals surface area contributed by atoms with E-state index in [-0.39, 0.29) is 12.5 Å². The molecular formula is C21H23N5O4S. The zero-order valence-electron chi connectivity index (χ0n) is 17.1. The fourth-order valence-electron chi connectivity index (χ4n) is 2.52. The number of carbonyl (C=O) groups excluding carboxylic acids is 1. The van der Waals surface area contributed by atoms with Crippen molar-refractivity contribution in [3.05, 3.63) is 53.4 Å². The van der Waals surface area contributed by atoms with E-state index in [1.54, 1.807) is 54.1 Å². The van der Waals surface area contributed by atoms with E-state index >= 15 is 0 Å². The average molecular weight is 442 g/mol. The molecule has 0 aliphatic rings. The van der Waals surface area contributed by atoms with Crippen molar-refractivity contribution in [3.63, 3.8) is 0 Å². The summed E-state index contributed by atoms with van der Waals surface area (Å²) in [6.45, 7) is 2.34. The number of nitrogens with two attached hydrogens (primary N) is 1. The molecule has 3 rings (SSSR count). The van der Waals surface area contributed by atoms with Crippen molar-refractivity contribution >= 4 is 40.1 Å². The molecule has 0 saturated carbocycles. The second-order valence-corrected chi connectivity index (χ2v) is 7.01. The molecule has 0 aliphatic heterocycles. The Balaban J connectivity index is 1.53. The number of carbonyl (C=O) groups is 1. The number of thiazole rings is 1. The van der Waals surface area contributed by atoms with Gasteiger partial charge in [-0.25, -0.2) is 4.98 Å². The highest BCUT2D eigenvalue weighted by molar-refractivity contribution is 7.14. The summed E-state index contributed by atoms with van der Waals surface area (Å²) in [5.41, 5.74) is 9.81. The van der Waals surface area contributed by atoms with E-state index < -0.39 is 0 Å². The van der Waals surface area contributed by atoms with E-state index in [9.17, 15) is 4.79 Å². The molecule has 1 aromatic heterocycles. The number of aromatic nitrogens is 1. The molecular weight excluding hydrogens is 418 g/mol. The van der Waals surface area contributed by atoms with Crippen LogP contribution >= 0.6 is 11.3 Å². The van der Waals surface area contributed by atoms with Crippen LogP contribution in [-0.4, -0.2) is 37.4 Å². The molecule has 0 unspecified atom stereocenters. The van der Waals surface area contributed by atoms with Crippen LogP contribution in [0.3, 0.4) is 0 Å². The Labute approximate surface area is 183 Å². The number of anilines is 3. The molecule has 3 aromatic rings. The van der Waals surface area contributed by atoms with Crippen molar-refractivity contribution in [2.24, 2.45) is 5.10 Å². The number of benzene rings is 2. The topological polar surface area (TPSA) is 120 Å². The summed E-state index contributed by atoms with van der Waals surface area (Å²) in [5.74, 6) is 1.83. The number of nitrogens with zero attached hydrogens (tertiary/aromatic N) is 2. The van der Waals surface area contributed by atoms with Gasteiger partial charge in [0.2, 0.25) is 5.13 Å². The summed E-state index contributed by atoms with van der Waals surface area (Å²) in [6, 6.07) is 12.4. The zero-order valence-corrected chi connectivity index (χ0v) is 17.9. The molecule has 1 amide bonds. The maximum atomic E-state index is 12.2. The van der Waals surface area contributed by atoms with Gasteiger partial charge in [-0.3, -0.25) is 10.2 Å². The molecule has 4 N–H and O–H groups in total. The van der Waals surface area contributed by atoms with Crippen LogP contribution in [0.25, 0.3) is 0 Å². The Bertz CT molecular complexity index is 1040. The van der Waals surface area contributed by atoms with Crippen LogP contribution in [0, 0.1) is 0 Å². The molecule has 0 spiro atoms. The summed E-state index contributed by atoms with van der Waals surface area (Å²) in [5, 5.41) is 9.21. The van der Waals surface area contributed by atoms with Gasteiger partial charge in [-0.2, -0.15) is 5.10 Å². The van der Waals surface area contributed by atoms with Crippen LogP contribution in [0.15, 0.2) is 52.9 Å². The van der Waals surface area contributed by atoms with Gasteiger partial charge in [0.15, 0.2) is 18.1 Å². The Kier molecular flexibility index (Phi) is 7.66. The van der Waals surface area contributed by atoms with Gasteiger partial charge in [0.1, 0.15) is 11.6 Å². The molecule has 0 radical (unpaired) electrons. The normalized spacial score (nSPS) is 10.6. The van der Waals surface area contributed by atoms with E-state index in [0.29, 0.717) is 34.7 Å². The zero-order chi connectivity index (χ0) is 22.1. The number of amides is 1. The summed E-state index contributed by atoms with van der Waals surface area (Å²) in [7, 11) is 1.53. The molecule has 9 nitrogen and oxygen atoms in total. The number of hydrogen-bond acceptors (Lipinski definition) is 9. The SMILES string of the molecule is CCOc1ccc(NC(=O)COc2ccc(C=NNc3nc(N)cs3)cc2OC)cc1. The fraction of sp³-hybridized carbons (Fsp3) is 0.190. The van der Waals surface area contributed by atoms with Crippen LogP contribution in [0.4, 0.5) is 16.6 Å². The summed E-state index contributed by atoms with van der Waals surface area (Å²) >= 11 is 1.36. The third-order valence-corrected chi connectivity index (χ3v) is 4.66. The van der Waals surface area contributed by atoms with E-state index in [0.717, 1.165) is 11.3 Å². The van der Waals surface area contributed by atoms with Gasteiger partial charge < -0.3 is 25.3 Å². The van der Waals surface area contributed by atoms with Crippen molar-refractivity contribution in [2.45, 2.75) is 6.92 Å². The molecule has 0 aliphatic carbocycles. The molecule has 0 bridgehead atoms. The summed E-state index contributed by atoms with van der Waals surface area (Å²) in [4.78, 5) is 16.2. The number of hydrazone groups is 1. The minimum absolute atomic E-state index is 0.163. The minimum atomic E-state index is -0.288. The van der Waals surface area contributed by atoms with Crippen molar-refractivity contribution in [2.75, 3.05) is 36.8 Å². The number of hydrogen-bond donors (Lipinski definition) is 3. The lowest BCUT2D eigenvalue weighted by atomic mass is 10.2. The highest BCUT2D eigenvalue weighted by Gasteiger charge is 2.09. The van der Waals surface area contributed by atoms with E-state index in [1.165, 1.54) is 18.4 Å². The van der Waals surface area contributed by atoms with Crippen LogP contribution in [0.2, 0.25) is 0 Å². The lowest BCUT2D eigenvalue weighted by Gasteiger charge is -2.12. The smallest absolute Gasteiger partial charge is 0.262 e. The third kappa shape index (κ3) is 6.61. The maximum absolute atomic E-state index is 12.2. The fourth-order valence-corrected chi connectivity index (χ4v) is 3.07. The van der Waals surface area contributed by atoms with Gasteiger partial charge in [0.25, 0.3) is 5.91 Å². The van der Waals surface area contributed by atoms with Crippen LogP contribution in [0.1, 0.15) is 12.5 Å². The van der Waals surface area contributed by atoms with Crippen LogP contribution in [0.5, 0.6) is 17.2 Å². The monoisotopic (exact) mass is 441 g/mol. The van der Waals surface area contributed by atoms with Gasteiger partial charge >= 0.3 is 0 Å². The highest BCUT2D eigenvalue weighted by Crippen LogP contribution is 2.27. The Hall–Kier alpha value is -3.79. The first-order chi connectivity index (χ1) is 15.1. The minimum Gasteiger partial charge on any atom is -0.494 e. The number of nitrogen functional groups attached to an aromatic ring is 1. The summed E-state index contributed by atoms with van der Waals surface area (Å²) in [6.07, 6.45) is 1.61. The Morgan fingerprint density at radius 1 is 1.19 bits per heavy atom. The molecule has 162 valence electrons. The first-order valence-electron chi connectivity index (χ1n) is 9.41. The van der Waals surface area contributed by atoms with Gasteiger partial charge in [-0.05, 0) is 55.0 Å². The van der Waals surface area contributed by atoms with E-state index in [2.05, 4.69) is 20.8 Å². The predicted octanol–water partition coefficient (Wildman–Crippen LogP) is 3.60. The molecule has 0 saturated heterocycles. The van der Waals surface area contributed by atoms with Crippen molar-refractivity contribution in [3.8, 4) is 17.2 Å². The van der Waals surface area contributed by atoms with Gasteiger partial charge in [0.05, 0.1) is 19.9 Å². The van der Waals surface area contributed by atoms with Crippen molar-refractivity contribution in [1.29, 1.82) is 0 Å². The maximum Gasteiger partial charge on any atom is 0.262 e. The quantitative estimate of drug-likeness (QED) is 0.325. The van der Waals surface area contributed by atoms with Crippen LogP contribution < -0.4 is 30.7 Å². The largest absolute Gasteiger partial charge is 0.494 e. The van der Waals surface area contributed by atoms with E-state index in [4.69, 9.17) is 19.9 Å². The predicted molar refractivity (Wildman–Crippen MR) is 122 cm³/mol. The van der Waals surface area contributed by atoms with Gasteiger partial charge in [-0.1, -0.05) is 0 Å². The van der Waals surface area contributed by atoms with Crippen molar-refractivity contribution < 1.29 is 19.0 Å². The highest BCUT2D eigenvalue weighted by atomic mass is 32.1. The third-order valence-electron chi connectivity index (χ3n) is 3.89. The second-order valence-electron chi connectivity index (χ2n) is 6.15. The number of ether oxygens (including phenoxy) is 3. The molecule has 2 aromatic carbocycles. The standard InChI is InChI=1S/C21H23N5O4S/c1-3-29-16-7-5-15(6-8-16)24-20(27)12-30-17-9-4-14(10-18(17)28-2)11-23-26-21-25-19(22)13-31-21/h4-11,13H,3,12,22H2,1-2H3,(H,24,27)(H,25,26). The van der Waals surface area contributed by atoms with Crippen LogP contribution in [-0.2, 0) is 4.79 Å². The molecule has 10 heteroatoms. The summed E-state index contributed by atoms with van der Waals surface area (Å²) < 4.78 is 16.4. The van der Waals surface area contributed by atoms with Gasteiger partial charge in [0, 0.05) is 11.1 Å². The first kappa shape index (κ1) is 21.9. The molecule has 0 atom stereocenters. The average Bonchev–Trinajstić information content (AvgIpc) is 3.19. The Morgan fingerprint density at radius 3 is 2.68 bits per heavy atom. The molecule has 0 fully saturated rings. The number of rotatable bonds is 10. The number of nitrogens with one attached hydrogen (secondary N) is 2.